The van der Waals surface area contributed by atoms with Crippen molar-refractivity contribution in [3.8, 4) is 0 Å². The third-order valence-electron chi connectivity index (χ3n) is 4.23. The first kappa shape index (κ1) is 14.8. The van der Waals surface area contributed by atoms with Crippen molar-refractivity contribution in [1.82, 2.24) is 0 Å². The Hall–Kier alpha value is -2.13. The molecular weight excluding hydrogens is 298 g/mol. The maximum Gasteiger partial charge on any atom is 0.224 e. The van der Waals surface area contributed by atoms with Gasteiger partial charge >= 0.3 is 0 Å². The minimum atomic E-state index is -0.639. The summed E-state index contributed by atoms with van der Waals surface area (Å²) in [4.78, 5) is 11.4. The first-order chi connectivity index (χ1) is 10.7. The molecule has 2 unspecified atom stereocenters. The van der Waals surface area contributed by atoms with Crippen molar-refractivity contribution in [2.75, 3.05) is 0 Å². The number of halogens is 1. The molecule has 0 aromatic heterocycles. The van der Waals surface area contributed by atoms with Gasteiger partial charge in [-0.05, 0) is 29.2 Å². The second kappa shape index (κ2) is 6.32. The molecule has 0 N–H and O–H groups in total. The predicted octanol–water partition coefficient (Wildman–Crippen LogP) is 4.95. The summed E-state index contributed by atoms with van der Waals surface area (Å²) < 4.78 is 0. The Morgan fingerprint density at radius 2 is 1.73 bits per heavy atom. The van der Waals surface area contributed by atoms with E-state index in [9.17, 15) is 10.1 Å². The summed E-state index contributed by atoms with van der Waals surface area (Å²) in [6, 6.07) is 16.6. The van der Waals surface area contributed by atoms with Crippen LogP contribution in [-0.4, -0.2) is 11.0 Å². The van der Waals surface area contributed by atoms with Gasteiger partial charge in [0.2, 0.25) is 6.04 Å². The fourth-order valence-electron chi connectivity index (χ4n) is 3.10. The van der Waals surface area contributed by atoms with Crippen molar-refractivity contribution in [3.05, 3.63) is 86.9 Å². The third kappa shape index (κ3) is 2.90. The van der Waals surface area contributed by atoms with Crippen molar-refractivity contribution in [2.45, 2.75) is 24.8 Å². The lowest BCUT2D eigenvalue weighted by molar-refractivity contribution is -0.526. The molecule has 22 heavy (non-hydrogen) atoms. The van der Waals surface area contributed by atoms with Crippen LogP contribution in [0.25, 0.3) is 5.57 Å². The van der Waals surface area contributed by atoms with E-state index in [0.717, 1.165) is 16.7 Å². The van der Waals surface area contributed by atoms with Gasteiger partial charge in [-0.3, -0.25) is 10.1 Å². The molecule has 3 rings (SSSR count). The van der Waals surface area contributed by atoms with E-state index in [2.05, 4.69) is 6.08 Å². The lowest BCUT2D eigenvalue weighted by atomic mass is 9.79. The zero-order valence-corrected chi connectivity index (χ0v) is 12.7. The van der Waals surface area contributed by atoms with E-state index in [-0.39, 0.29) is 10.8 Å². The molecule has 1 aliphatic rings. The number of nitrogens with zero attached hydrogens (tertiary/aromatic N) is 1. The summed E-state index contributed by atoms with van der Waals surface area (Å²) >= 11 is 6.24. The molecule has 0 bridgehead atoms. The highest BCUT2D eigenvalue weighted by atomic mass is 35.5. The first-order valence-corrected chi connectivity index (χ1v) is 7.67. The Balaban J connectivity index is 1.95. The number of hydrogen-bond donors (Lipinski definition) is 0. The molecule has 2 aromatic rings. The maximum absolute atomic E-state index is 11.6. The molecule has 0 radical (unpaired) electrons. The van der Waals surface area contributed by atoms with Gasteiger partial charge in [-0.1, -0.05) is 66.2 Å². The molecule has 0 heterocycles. The fourth-order valence-corrected chi connectivity index (χ4v) is 3.37. The molecule has 0 aliphatic heterocycles. The van der Waals surface area contributed by atoms with E-state index in [1.54, 1.807) is 6.07 Å². The number of hydrogen-bond acceptors (Lipinski definition) is 2. The van der Waals surface area contributed by atoms with E-state index < -0.39 is 6.04 Å². The van der Waals surface area contributed by atoms with Crippen LogP contribution in [0.2, 0.25) is 5.02 Å². The summed E-state index contributed by atoms with van der Waals surface area (Å²) in [5.41, 5.74) is 2.98. The maximum atomic E-state index is 11.6. The van der Waals surface area contributed by atoms with E-state index in [0.29, 0.717) is 17.9 Å². The lowest BCUT2D eigenvalue weighted by Crippen LogP contribution is -2.30. The quantitative estimate of drug-likeness (QED) is 0.594. The average molecular weight is 314 g/mol. The topological polar surface area (TPSA) is 43.1 Å². The van der Waals surface area contributed by atoms with Crippen molar-refractivity contribution < 1.29 is 4.92 Å². The molecule has 0 amide bonds. The second-order valence-corrected chi connectivity index (χ2v) is 5.92. The molecule has 0 saturated carbocycles. The van der Waals surface area contributed by atoms with Crippen molar-refractivity contribution in [2.24, 2.45) is 0 Å². The van der Waals surface area contributed by atoms with Crippen molar-refractivity contribution in [3.63, 3.8) is 0 Å². The van der Waals surface area contributed by atoms with Crippen LogP contribution in [0, 0.1) is 10.1 Å². The van der Waals surface area contributed by atoms with Crippen LogP contribution in [0.1, 0.15) is 29.9 Å². The van der Waals surface area contributed by atoms with Crippen molar-refractivity contribution >= 4 is 17.2 Å². The van der Waals surface area contributed by atoms with Crippen LogP contribution in [-0.2, 0) is 0 Å². The van der Waals surface area contributed by atoms with Gasteiger partial charge in [0.25, 0.3) is 0 Å². The van der Waals surface area contributed by atoms with E-state index in [1.807, 2.05) is 48.5 Å². The SMILES string of the molecule is O=[N+]([O-])C1CC(c2ccccc2)=CCC1c1ccccc1Cl. The Bertz CT molecular complexity index is 712. The van der Waals surface area contributed by atoms with E-state index in [4.69, 9.17) is 11.6 Å². The van der Waals surface area contributed by atoms with Gasteiger partial charge < -0.3 is 0 Å². The summed E-state index contributed by atoms with van der Waals surface area (Å²) in [6.45, 7) is 0. The van der Waals surface area contributed by atoms with E-state index in [1.165, 1.54) is 0 Å². The van der Waals surface area contributed by atoms with Crippen molar-refractivity contribution in [1.29, 1.82) is 0 Å². The highest BCUT2D eigenvalue weighted by molar-refractivity contribution is 6.31. The fraction of sp³-hybridized carbons (Fsp3) is 0.222. The molecule has 0 saturated heterocycles. The normalized spacial score (nSPS) is 21.2. The molecule has 3 nitrogen and oxygen atoms in total. The lowest BCUT2D eigenvalue weighted by Gasteiger charge is -2.26. The smallest absolute Gasteiger partial charge is 0.224 e. The zero-order valence-electron chi connectivity index (χ0n) is 12.0. The van der Waals surface area contributed by atoms with Crippen LogP contribution in [0.15, 0.2) is 60.7 Å². The summed E-state index contributed by atoms with van der Waals surface area (Å²) in [6.07, 6.45) is 3.19. The van der Waals surface area contributed by atoms with Gasteiger partial charge in [-0.25, -0.2) is 0 Å². The Morgan fingerprint density at radius 3 is 2.41 bits per heavy atom. The Kier molecular flexibility index (Phi) is 4.25. The minimum Gasteiger partial charge on any atom is -0.264 e. The zero-order chi connectivity index (χ0) is 15.5. The van der Waals surface area contributed by atoms with Gasteiger partial charge in [0.05, 0.1) is 5.92 Å². The number of nitro groups is 1. The summed E-state index contributed by atoms with van der Waals surface area (Å²) in [5, 5.41) is 12.2. The van der Waals surface area contributed by atoms with Gasteiger partial charge in [0, 0.05) is 16.4 Å². The molecule has 4 heteroatoms. The average Bonchev–Trinajstić information content (AvgIpc) is 2.55. The van der Waals surface area contributed by atoms with Crippen LogP contribution in [0.3, 0.4) is 0 Å². The number of benzene rings is 2. The molecule has 2 aromatic carbocycles. The highest BCUT2D eigenvalue weighted by Gasteiger charge is 2.37. The molecule has 0 spiro atoms. The van der Waals surface area contributed by atoms with Crippen LogP contribution < -0.4 is 0 Å². The summed E-state index contributed by atoms with van der Waals surface area (Å²) in [5.74, 6) is -0.170. The third-order valence-corrected chi connectivity index (χ3v) is 4.58. The molecule has 112 valence electrons. The van der Waals surface area contributed by atoms with Crippen LogP contribution >= 0.6 is 11.6 Å². The highest BCUT2D eigenvalue weighted by Crippen LogP contribution is 2.39. The standard InChI is InChI=1S/C18H16ClNO2/c19-17-9-5-4-8-15(17)16-11-10-14(12-18(16)20(21)22)13-6-2-1-3-7-13/h1-10,16,18H,11-12H2. The summed E-state index contributed by atoms with van der Waals surface area (Å²) in [7, 11) is 0. The Labute approximate surface area is 134 Å². The van der Waals surface area contributed by atoms with Crippen LogP contribution in [0.5, 0.6) is 0 Å². The monoisotopic (exact) mass is 313 g/mol. The minimum absolute atomic E-state index is 0.163. The van der Waals surface area contributed by atoms with Gasteiger partial charge in [-0.2, -0.15) is 0 Å². The molecule has 1 aliphatic carbocycles. The number of allylic oxidation sites excluding steroid dienone is 1. The van der Waals surface area contributed by atoms with Crippen LogP contribution in [0.4, 0.5) is 0 Å². The predicted molar refractivity (Wildman–Crippen MR) is 88.6 cm³/mol. The molecular formula is C18H16ClNO2. The number of rotatable bonds is 3. The van der Waals surface area contributed by atoms with E-state index >= 15 is 0 Å². The second-order valence-electron chi connectivity index (χ2n) is 5.52. The van der Waals surface area contributed by atoms with Gasteiger partial charge in [0.15, 0.2) is 0 Å². The molecule has 0 fully saturated rings. The Morgan fingerprint density at radius 1 is 1.05 bits per heavy atom. The van der Waals surface area contributed by atoms with Gasteiger partial charge in [-0.15, -0.1) is 0 Å². The molecule has 2 atom stereocenters. The first-order valence-electron chi connectivity index (χ1n) is 7.29. The van der Waals surface area contributed by atoms with Gasteiger partial charge in [0.1, 0.15) is 0 Å². The largest absolute Gasteiger partial charge is 0.264 e.